The molecule has 3 amide bonds. The van der Waals surface area contributed by atoms with Crippen LogP contribution in [0.25, 0.3) is 0 Å². The first-order chi connectivity index (χ1) is 57.7. The van der Waals surface area contributed by atoms with E-state index >= 15 is 0 Å². The summed E-state index contributed by atoms with van der Waals surface area (Å²) in [5.74, 6) is 12.9. The summed E-state index contributed by atoms with van der Waals surface area (Å²) < 4.78 is 164. The Bertz CT molecular complexity index is 5260. The van der Waals surface area contributed by atoms with Crippen molar-refractivity contribution in [3.63, 3.8) is 0 Å². The maximum Gasteiger partial charge on any atom is 0.471 e. The van der Waals surface area contributed by atoms with Crippen LogP contribution in [0.3, 0.4) is 0 Å². The molecule has 65 heteroatoms. The Kier molecular flexibility index (Phi) is 38.6. The van der Waals surface area contributed by atoms with Gasteiger partial charge < -0.3 is 27.4 Å². The third-order valence-electron chi connectivity index (χ3n) is 16.7. The number of ether oxygens (including phenoxy) is 3. The fourth-order valence-corrected chi connectivity index (χ4v) is 23.7. The van der Waals surface area contributed by atoms with Gasteiger partial charge in [0.05, 0.1) is 0 Å². The molecule has 8 rings (SSSR count). The van der Waals surface area contributed by atoms with Crippen LogP contribution >= 0.6 is 66.3 Å². The molecule has 12 atom stereocenters. The van der Waals surface area contributed by atoms with E-state index in [9.17, 15) is 113 Å². The van der Waals surface area contributed by atoms with E-state index in [-0.39, 0.29) is 110 Å². The Hall–Kier alpha value is -7.91. The van der Waals surface area contributed by atoms with Gasteiger partial charge >= 0.3 is 534 Å². The molecule has 6 unspecified atom stereocenters. The van der Waals surface area contributed by atoms with Crippen molar-refractivity contribution in [1.82, 2.24) is 44.6 Å². The zero-order valence-electron chi connectivity index (χ0n) is 61.4. The molecule has 3 aliphatic heterocycles. The van der Waals surface area contributed by atoms with Gasteiger partial charge in [0.2, 0.25) is 0 Å². The number of hydrogen-bond donors (Lipinski definition) is 14. The average Bonchev–Trinajstić information content (AvgIpc) is 1.05. The zero-order chi connectivity index (χ0) is 90.6. The number of carbonyl (C=O) groups excluding carboxylic acids is 3. The molecule has 3 aromatic heterocycles. The van der Waals surface area contributed by atoms with E-state index in [1.54, 1.807) is 29.6 Å². The van der Waals surface area contributed by atoms with Crippen molar-refractivity contribution in [1.29, 1.82) is 0 Å². The quantitative estimate of drug-likeness (QED) is 0.0110. The number of halogens is 3. The monoisotopic (exact) mass is 1920 g/mol. The molecule has 3 aliphatic rings. The molecule has 0 spiro atoms. The van der Waals surface area contributed by atoms with E-state index in [4.69, 9.17) is 70.8 Å². The Balaban J connectivity index is 0.000000487. The summed E-state index contributed by atoms with van der Waals surface area (Å²) in [5.41, 5.74) is 8.14. The first kappa shape index (κ1) is 103. The molecule has 122 heavy (non-hydrogen) atoms. The van der Waals surface area contributed by atoms with Crippen LogP contribution in [0.2, 0.25) is 0 Å². The van der Waals surface area contributed by atoms with E-state index in [0.717, 1.165) is 25.5 Å². The first-order valence-corrected chi connectivity index (χ1v) is 50.8. The second-order valence-electron chi connectivity index (χ2n) is 24.2. The minimum Gasteiger partial charge on any atom is -0.344 e. The van der Waals surface area contributed by atoms with Gasteiger partial charge in [0, 0.05) is 28.5 Å². The topological polar surface area (TPSA) is 805 Å². The molecule has 0 radical (unpaired) electrons. The molecule has 3 saturated heterocycles. The van der Waals surface area contributed by atoms with Gasteiger partial charge in [0.1, 0.15) is 0 Å². The summed E-state index contributed by atoms with van der Waals surface area (Å²) in [6, 6.07) is 12.1. The van der Waals surface area contributed by atoms with Crippen LogP contribution < -0.4 is 90.5 Å². The number of alkyl halides is 3. The molecule has 6 heterocycles. The molecule has 3 fully saturated rings. The van der Waals surface area contributed by atoms with Gasteiger partial charge in [-0.15, -0.1) is 0 Å². The molecule has 0 aliphatic carbocycles. The Morgan fingerprint density at radius 2 is 0.770 bits per heavy atom. The van der Waals surface area contributed by atoms with E-state index in [2.05, 4.69) is 104 Å². The van der Waals surface area contributed by atoms with E-state index in [1.807, 2.05) is 0 Å². The van der Waals surface area contributed by atoms with Crippen LogP contribution in [0.15, 0.2) is 95.9 Å². The summed E-state index contributed by atoms with van der Waals surface area (Å²) in [4.78, 5) is 185. The molecule has 16 N–H and O–H groups in total. The Morgan fingerprint density at radius 1 is 0.475 bits per heavy atom. The summed E-state index contributed by atoms with van der Waals surface area (Å²) in [5, 5.41) is 68.9. The molecular weight excluding hydrogens is 1850 g/mol. The van der Waals surface area contributed by atoms with Gasteiger partial charge in [0.25, 0.3) is 11.8 Å². The standard InChI is InChI=1S/C23H24F3N4O15P3.C21H25N4O14P3.C13H18N3O13P3.3H2/c24-23(25,26)21(33)28-11-14-4-6-15(7-5-14)19(31)27-10-2-1-3-16-12-30(22(34)29-20(16)32)18-9-8-17(42-18)13-41-48(44-36,45-43-35,46(37)38)47(39)40;22-11-14-4-6-15(7-5-14)19(26)23-10-2-1-3-16-12-25(21(28)24-20(16)27)18-9-8-17(36-18)13-35-42(38-30,39-37-29,40(31)32)41(33)34;14-6-2-1-3-9-7-16(13(18)15-12(9)17)11-5-4-10(26-11)8-25-32(28-20,29-27-19,30(21)22)31(23)24;;;/h4-7,12,17-18,35-36H,3,8-11,13H2,(H,27,31)(H,28,33)(H,29,32,34);4-7,12,17-18,29-30H,3,8-11,13,22H2,(H,23,26)(H,24,27,28);7,10-11,19-20H,3-6,8,14H2,(H,15,17,18);3*1H/t2*17-,18+;10-,11+;;;/m000.../s1. The number of hydrogen-bond acceptors (Lipinski definition) is 44. The molecule has 2 aromatic carbocycles. The van der Waals surface area contributed by atoms with E-state index in [1.165, 1.54) is 36.7 Å². The van der Waals surface area contributed by atoms with Crippen LogP contribution in [-0.4, -0.2) is 142 Å². The van der Waals surface area contributed by atoms with Crippen molar-refractivity contribution in [2.75, 3.05) is 39.5 Å². The zero-order valence-corrected chi connectivity index (χ0v) is 69.4. The number of amides is 3. The van der Waals surface area contributed by atoms with Gasteiger partial charge in [-0.05, 0) is 35.4 Å². The van der Waals surface area contributed by atoms with Crippen LogP contribution in [0.4, 0.5) is 13.2 Å². The van der Waals surface area contributed by atoms with Gasteiger partial charge in [-0.2, -0.15) is 13.2 Å². The summed E-state index contributed by atoms with van der Waals surface area (Å²) in [7, 11) is -26.1. The summed E-state index contributed by atoms with van der Waals surface area (Å²) in [6.45, 7) is -22.2. The number of carbonyl (C=O) groups is 3. The average molecular weight is 1920 g/mol. The maximum atomic E-state index is 12.5. The second kappa shape index (κ2) is 45.8. The van der Waals surface area contributed by atoms with Crippen molar-refractivity contribution in [2.24, 2.45) is 11.5 Å². The van der Waals surface area contributed by atoms with Crippen LogP contribution in [0.5, 0.6) is 0 Å². The predicted molar refractivity (Wildman–Crippen MR) is 396 cm³/mol. The SMILES string of the molecule is NCC#CCc1cn([C@H]2CC[C@@H](COP(OO)(OOO)([P+](=O)[O-])[P+](=O)[O-])O2)c(=O)[nH]c1=O.NCc1ccc(C(=O)NCC#CCc2cn([C@H]3CC[C@@H](COP(OO)(OOO)([P+](=O)[O-])[P+](=O)[O-])O3)c(=O)[nH]c2=O)cc1.O=C(NCC#CCc1cn([C@H]2CC[C@@H](COP(OO)(OOO)([P+](=O)[O-])[P+](=O)[O-])O2)c(=O)[nH]c1=O)c1ccc(CNC(=O)C(F)(F)F)cc1.[HH].[HH].[HH]. The van der Waals surface area contributed by atoms with Crippen molar-refractivity contribution >= 4 is 84.0 Å². The van der Waals surface area contributed by atoms with E-state index in [0.29, 0.717) is 17.7 Å². The minimum atomic E-state index is -6.52. The number of benzene rings is 2. The van der Waals surface area contributed by atoms with Gasteiger partial charge in [0.15, 0.2) is 0 Å². The van der Waals surface area contributed by atoms with Crippen LogP contribution in [-0.2, 0) is 135 Å². The number of nitrogens with one attached hydrogen (secondary N) is 6. The molecule has 0 saturated carbocycles. The van der Waals surface area contributed by atoms with Crippen LogP contribution in [0, 0.1) is 35.5 Å². The normalized spacial score (nSPS) is 18.7. The number of aromatic nitrogens is 6. The van der Waals surface area contributed by atoms with Gasteiger partial charge in [-0.25, -0.2) is 0 Å². The van der Waals surface area contributed by atoms with E-state index < -0.39 is 181 Å². The van der Waals surface area contributed by atoms with Gasteiger partial charge in [-0.1, -0.05) is 24.3 Å². The third kappa shape index (κ3) is 24.6. The number of nitrogens with two attached hydrogens (primary N) is 2. The largest absolute Gasteiger partial charge is 0.471 e. The van der Waals surface area contributed by atoms with Gasteiger partial charge in [-0.3, -0.25) is 14.4 Å². The predicted octanol–water partition coefficient (Wildman–Crippen LogP) is 0.257. The molecule has 53 nitrogen and oxygen atoms in total. The van der Waals surface area contributed by atoms with Crippen molar-refractivity contribution in [3.05, 3.63) is 169 Å². The number of rotatable bonds is 37. The minimum absolute atomic E-state index is 0. The molecular formula is C57H73F3N11O42P9. The second-order valence-corrected chi connectivity index (χ2v) is 54.7. The fourth-order valence-electron chi connectivity index (χ4n) is 10.4. The summed E-state index contributed by atoms with van der Waals surface area (Å²) >= 11 is 0. The number of H-pyrrole nitrogens is 3. The third-order valence-corrected chi connectivity index (χ3v) is 45.8. The number of aromatic amines is 3. The van der Waals surface area contributed by atoms with Crippen LogP contribution in [0.1, 0.15) is 110 Å². The molecule has 0 bridgehead atoms. The Morgan fingerprint density at radius 3 is 1.03 bits per heavy atom. The number of nitrogens with zero attached hydrogens (tertiary/aromatic N) is 3. The van der Waals surface area contributed by atoms with Crippen molar-refractivity contribution in [2.45, 2.75) is 114 Å². The fraction of sp³-hybridized carbons (Fsp3) is 0.421. The van der Waals surface area contributed by atoms with Crippen molar-refractivity contribution < 1.29 is 191 Å². The smallest absolute Gasteiger partial charge is 0.344 e. The van der Waals surface area contributed by atoms with Crippen molar-refractivity contribution in [3.8, 4) is 35.5 Å². The first-order valence-electron chi connectivity index (χ1n) is 33.5. The Labute approximate surface area is 686 Å². The maximum absolute atomic E-state index is 12.5. The summed E-state index contributed by atoms with van der Waals surface area (Å²) in [6.07, 6.45) is -7.28. The molecule has 5 aromatic rings. The molecule has 674 valence electrons.